The molecule has 3 aromatic rings. The second-order valence-electron chi connectivity index (χ2n) is 11.4. The number of ketones is 1. The molecule has 0 bridgehead atoms. The van der Waals surface area contributed by atoms with Gasteiger partial charge in [-0.3, -0.25) is 14.4 Å². The Morgan fingerprint density at radius 3 is 2.17 bits per heavy atom. The summed E-state index contributed by atoms with van der Waals surface area (Å²) < 4.78 is 6.69. The highest BCUT2D eigenvalue weighted by molar-refractivity contribution is 6.10. The Morgan fingerprint density at radius 1 is 0.857 bits per heavy atom. The standard InChI is InChI=1S/C35H49N3O4/c1-7-10-14-29-23-31-24-30(35(41)38(26(4)5)25-32(39)42-6)19-22-37(31)33(29)34(40)28-17-15-27(16-18-28)13-12-21-36(9-3)20-11-8-2/h15-19,22-24,26H,7-14,20-21,25H2,1-6H3. The lowest BCUT2D eigenvalue weighted by Crippen LogP contribution is -2.41. The summed E-state index contributed by atoms with van der Waals surface area (Å²) in [5.41, 5.74) is 4.80. The van der Waals surface area contributed by atoms with Crippen molar-refractivity contribution in [3.05, 3.63) is 76.6 Å². The summed E-state index contributed by atoms with van der Waals surface area (Å²) >= 11 is 0. The number of methoxy groups -OCH3 is 1. The maximum absolute atomic E-state index is 13.9. The number of fused-ring (bicyclic) bond motifs is 1. The summed E-state index contributed by atoms with van der Waals surface area (Å²) in [6, 6.07) is 13.4. The number of rotatable bonds is 17. The number of nitrogens with zero attached hydrogens (tertiary/aromatic N) is 3. The number of unbranched alkanes of at least 4 members (excludes halogenated alkanes) is 2. The van der Waals surface area contributed by atoms with Crippen molar-refractivity contribution in [1.82, 2.24) is 14.2 Å². The van der Waals surface area contributed by atoms with E-state index in [2.05, 4.69) is 37.8 Å². The molecular weight excluding hydrogens is 526 g/mol. The van der Waals surface area contributed by atoms with E-state index in [0.29, 0.717) is 16.8 Å². The average molecular weight is 576 g/mol. The van der Waals surface area contributed by atoms with Crippen LogP contribution in [0, 0.1) is 0 Å². The zero-order valence-electron chi connectivity index (χ0n) is 26.4. The highest BCUT2D eigenvalue weighted by atomic mass is 16.5. The molecule has 0 saturated heterocycles. The van der Waals surface area contributed by atoms with E-state index >= 15 is 0 Å². The zero-order valence-corrected chi connectivity index (χ0v) is 26.4. The number of carbonyl (C=O) groups is 3. The van der Waals surface area contributed by atoms with Gasteiger partial charge in [0.25, 0.3) is 5.91 Å². The summed E-state index contributed by atoms with van der Waals surface area (Å²) in [5, 5.41) is 0. The van der Waals surface area contributed by atoms with Crippen molar-refractivity contribution in [2.75, 3.05) is 33.3 Å². The van der Waals surface area contributed by atoms with E-state index in [4.69, 9.17) is 4.74 Å². The Morgan fingerprint density at radius 2 is 1.55 bits per heavy atom. The van der Waals surface area contributed by atoms with Gasteiger partial charge in [-0.05, 0) is 94.9 Å². The fourth-order valence-corrected chi connectivity index (χ4v) is 5.31. The molecule has 0 radical (unpaired) electrons. The molecule has 0 aliphatic heterocycles. The molecule has 0 atom stereocenters. The molecule has 0 fully saturated rings. The number of carbonyl (C=O) groups excluding carboxylic acids is 3. The molecule has 1 aromatic carbocycles. The molecule has 2 heterocycles. The van der Waals surface area contributed by atoms with Crippen LogP contribution in [-0.4, -0.2) is 71.2 Å². The Labute approximate surface area is 251 Å². The molecular formula is C35H49N3O4. The third-order valence-corrected chi connectivity index (χ3v) is 7.96. The van der Waals surface area contributed by atoms with E-state index in [-0.39, 0.29) is 24.3 Å². The van der Waals surface area contributed by atoms with Crippen molar-refractivity contribution >= 4 is 23.2 Å². The largest absolute Gasteiger partial charge is 0.468 e. The van der Waals surface area contributed by atoms with Crippen LogP contribution in [-0.2, 0) is 22.4 Å². The maximum Gasteiger partial charge on any atom is 0.325 e. The van der Waals surface area contributed by atoms with Gasteiger partial charge in [0.15, 0.2) is 0 Å². The van der Waals surface area contributed by atoms with Crippen molar-refractivity contribution in [2.45, 2.75) is 85.6 Å². The number of esters is 1. The molecule has 7 heteroatoms. The quantitative estimate of drug-likeness (QED) is 0.134. The van der Waals surface area contributed by atoms with E-state index in [0.717, 1.165) is 62.8 Å². The average Bonchev–Trinajstić information content (AvgIpc) is 3.37. The SMILES string of the molecule is CCCCc1cc2cc(C(=O)N(CC(=O)OC)C(C)C)ccn2c1C(=O)c1ccc(CCCN(CC)CCCC)cc1. The smallest absolute Gasteiger partial charge is 0.325 e. The summed E-state index contributed by atoms with van der Waals surface area (Å²) in [6.45, 7) is 13.5. The van der Waals surface area contributed by atoms with Gasteiger partial charge in [0.2, 0.25) is 5.78 Å². The van der Waals surface area contributed by atoms with Gasteiger partial charge in [0, 0.05) is 28.9 Å². The molecule has 0 unspecified atom stereocenters. The highest BCUT2D eigenvalue weighted by Crippen LogP contribution is 2.24. The molecule has 0 aliphatic rings. The van der Waals surface area contributed by atoms with Crippen LogP contribution in [0.25, 0.3) is 5.52 Å². The number of hydrogen-bond acceptors (Lipinski definition) is 5. The van der Waals surface area contributed by atoms with Gasteiger partial charge in [-0.25, -0.2) is 0 Å². The molecule has 0 aliphatic carbocycles. The third-order valence-electron chi connectivity index (χ3n) is 7.96. The lowest BCUT2D eigenvalue weighted by molar-refractivity contribution is -0.141. The van der Waals surface area contributed by atoms with Gasteiger partial charge in [0.1, 0.15) is 6.54 Å². The van der Waals surface area contributed by atoms with Crippen LogP contribution in [0.5, 0.6) is 0 Å². The summed E-state index contributed by atoms with van der Waals surface area (Å²) in [6.07, 6.45) is 9.12. The number of hydrogen-bond donors (Lipinski definition) is 0. The van der Waals surface area contributed by atoms with Crippen LogP contribution in [0.1, 0.15) is 104 Å². The first-order chi connectivity index (χ1) is 20.2. The van der Waals surface area contributed by atoms with Gasteiger partial charge in [0.05, 0.1) is 12.8 Å². The molecule has 7 nitrogen and oxygen atoms in total. The number of ether oxygens (including phenoxy) is 1. The van der Waals surface area contributed by atoms with Crippen LogP contribution in [0.2, 0.25) is 0 Å². The summed E-state index contributed by atoms with van der Waals surface area (Å²) in [4.78, 5) is 43.2. The maximum atomic E-state index is 13.9. The van der Waals surface area contributed by atoms with Gasteiger partial charge in [-0.15, -0.1) is 0 Å². The normalized spacial score (nSPS) is 11.4. The first-order valence-corrected chi connectivity index (χ1v) is 15.6. The zero-order chi connectivity index (χ0) is 30.6. The molecule has 0 spiro atoms. The fourth-order valence-electron chi connectivity index (χ4n) is 5.31. The highest BCUT2D eigenvalue weighted by Gasteiger charge is 2.24. The molecule has 2 aromatic heterocycles. The predicted octanol–water partition coefficient (Wildman–Crippen LogP) is 6.59. The van der Waals surface area contributed by atoms with E-state index in [9.17, 15) is 14.4 Å². The molecule has 1 amide bonds. The Balaban J connectivity index is 1.84. The first kappa shape index (κ1) is 33.1. The lowest BCUT2D eigenvalue weighted by atomic mass is 10.00. The van der Waals surface area contributed by atoms with Gasteiger partial charge in [-0.2, -0.15) is 0 Å². The summed E-state index contributed by atoms with van der Waals surface area (Å²) in [5.74, 6) is -0.723. The van der Waals surface area contributed by atoms with Crippen LogP contribution in [0.15, 0.2) is 48.7 Å². The number of benzene rings is 1. The topological polar surface area (TPSA) is 71.3 Å². The Hall–Kier alpha value is -3.45. The minimum absolute atomic E-state index is 0.0158. The minimum atomic E-state index is -0.462. The van der Waals surface area contributed by atoms with E-state index in [1.54, 1.807) is 12.3 Å². The van der Waals surface area contributed by atoms with Crippen LogP contribution < -0.4 is 0 Å². The lowest BCUT2D eigenvalue weighted by Gasteiger charge is -2.25. The number of amides is 1. The number of pyridine rings is 1. The Kier molecular flexibility index (Phi) is 12.8. The molecule has 3 rings (SSSR count). The monoisotopic (exact) mass is 575 g/mol. The van der Waals surface area contributed by atoms with Gasteiger partial charge < -0.3 is 18.9 Å². The van der Waals surface area contributed by atoms with Crippen LogP contribution in [0.4, 0.5) is 0 Å². The fraction of sp³-hybridized carbons (Fsp3) is 0.514. The number of aryl methyl sites for hydroxylation is 2. The van der Waals surface area contributed by atoms with Crippen molar-refractivity contribution in [3.8, 4) is 0 Å². The second kappa shape index (κ2) is 16.3. The Bertz CT molecular complexity index is 1330. The molecule has 42 heavy (non-hydrogen) atoms. The number of aromatic nitrogens is 1. The third kappa shape index (κ3) is 8.54. The van der Waals surface area contributed by atoms with Crippen LogP contribution in [0.3, 0.4) is 0 Å². The van der Waals surface area contributed by atoms with Crippen molar-refractivity contribution in [3.63, 3.8) is 0 Å². The van der Waals surface area contributed by atoms with Gasteiger partial charge in [-0.1, -0.05) is 57.9 Å². The van der Waals surface area contributed by atoms with E-state index < -0.39 is 5.97 Å². The molecule has 0 N–H and O–H groups in total. The van der Waals surface area contributed by atoms with Crippen LogP contribution >= 0.6 is 0 Å². The summed E-state index contributed by atoms with van der Waals surface area (Å²) in [7, 11) is 1.32. The molecule has 0 saturated carbocycles. The minimum Gasteiger partial charge on any atom is -0.468 e. The van der Waals surface area contributed by atoms with Crippen molar-refractivity contribution in [1.29, 1.82) is 0 Å². The van der Waals surface area contributed by atoms with Crippen molar-refractivity contribution < 1.29 is 19.1 Å². The molecule has 228 valence electrons. The van der Waals surface area contributed by atoms with E-state index in [1.807, 2.05) is 42.5 Å². The van der Waals surface area contributed by atoms with Crippen molar-refractivity contribution in [2.24, 2.45) is 0 Å². The predicted molar refractivity (Wildman–Crippen MR) is 169 cm³/mol. The first-order valence-electron chi connectivity index (χ1n) is 15.6. The van der Waals surface area contributed by atoms with Gasteiger partial charge >= 0.3 is 5.97 Å². The second-order valence-corrected chi connectivity index (χ2v) is 11.4. The van der Waals surface area contributed by atoms with E-state index in [1.165, 1.54) is 30.4 Å².